The normalized spacial score (nSPS) is 27.4. The van der Waals surface area contributed by atoms with Gasteiger partial charge in [-0.3, -0.25) is 4.18 Å². The van der Waals surface area contributed by atoms with Crippen LogP contribution in [0.1, 0.15) is 25.5 Å². The fraction of sp³-hybridized carbons (Fsp3) is 0.500. The van der Waals surface area contributed by atoms with Gasteiger partial charge in [0.15, 0.2) is 5.79 Å². The van der Waals surface area contributed by atoms with Gasteiger partial charge in [-0.2, -0.15) is 0 Å². The largest absolute Gasteiger partial charge is 0.342 e. The molecule has 3 atom stereocenters. The Morgan fingerprint density at radius 1 is 1.42 bits per heavy atom. The first-order chi connectivity index (χ1) is 8.89. The molecule has 19 heavy (non-hydrogen) atoms. The number of ether oxygens (including phenoxy) is 2. The molecule has 0 amide bonds. The lowest BCUT2D eigenvalue weighted by molar-refractivity contribution is -0.148. The van der Waals surface area contributed by atoms with Crippen LogP contribution < -0.4 is 5.14 Å². The monoisotopic (exact) mass is 289 g/mol. The average molecular weight is 289 g/mol. The zero-order valence-corrected chi connectivity index (χ0v) is 11.5. The third-order valence-electron chi connectivity index (χ3n) is 2.74. The molecule has 2 rings (SSSR count). The van der Waals surface area contributed by atoms with Gasteiger partial charge in [-0.05, 0) is 19.9 Å². The Morgan fingerprint density at radius 3 is 2.74 bits per heavy atom. The summed E-state index contributed by atoms with van der Waals surface area (Å²) in [4.78, 5) is 0. The maximum absolute atomic E-state index is 13.8. The Labute approximate surface area is 113 Å². The highest BCUT2D eigenvalue weighted by Crippen LogP contribution is 2.39. The molecule has 1 aromatic carbocycles. The Kier molecular flexibility index (Phi) is 4.32. The van der Waals surface area contributed by atoms with Crippen molar-refractivity contribution >= 4 is 11.3 Å². The summed E-state index contributed by atoms with van der Waals surface area (Å²) in [6.45, 7) is 3.41. The Morgan fingerprint density at radius 2 is 2.11 bits per heavy atom. The Bertz CT molecular complexity index is 483. The van der Waals surface area contributed by atoms with E-state index in [0.717, 1.165) is 0 Å². The van der Waals surface area contributed by atoms with E-state index in [4.69, 9.17) is 18.8 Å². The zero-order valence-electron chi connectivity index (χ0n) is 10.7. The lowest BCUT2D eigenvalue weighted by Gasteiger charge is -2.17. The molecule has 1 saturated heterocycles. The van der Waals surface area contributed by atoms with E-state index in [2.05, 4.69) is 0 Å². The molecule has 0 bridgehead atoms. The van der Waals surface area contributed by atoms with Crippen LogP contribution in [0, 0.1) is 5.82 Å². The molecular weight excluding hydrogens is 273 g/mol. The first-order valence-electron chi connectivity index (χ1n) is 5.78. The van der Waals surface area contributed by atoms with Gasteiger partial charge in [0.25, 0.3) is 0 Å². The predicted octanol–water partition coefficient (Wildman–Crippen LogP) is 1.57. The van der Waals surface area contributed by atoms with Gasteiger partial charge in [0.05, 0.1) is 6.61 Å². The summed E-state index contributed by atoms with van der Waals surface area (Å²) in [6.07, 6.45) is -1.20. The molecular formula is C12H16FNO4S. The summed E-state index contributed by atoms with van der Waals surface area (Å²) in [5.41, 5.74) is 0.379. The maximum Gasteiger partial charge on any atom is 0.231 e. The highest BCUT2D eigenvalue weighted by Gasteiger charge is 2.43. The number of halogens is 1. The molecule has 1 aliphatic rings. The fourth-order valence-corrected chi connectivity index (χ4v) is 2.33. The van der Waals surface area contributed by atoms with Gasteiger partial charge < -0.3 is 9.47 Å². The van der Waals surface area contributed by atoms with Crippen molar-refractivity contribution in [2.45, 2.75) is 31.8 Å². The molecule has 1 aliphatic heterocycles. The molecule has 0 radical (unpaired) electrons. The van der Waals surface area contributed by atoms with Gasteiger partial charge in [-0.15, -0.1) is 0 Å². The molecule has 1 fully saturated rings. The lowest BCUT2D eigenvalue weighted by Crippen LogP contribution is -2.26. The molecule has 0 aromatic heterocycles. The second kappa shape index (κ2) is 5.64. The van der Waals surface area contributed by atoms with Crippen LogP contribution in [0.4, 0.5) is 4.39 Å². The fourth-order valence-electron chi connectivity index (χ4n) is 2.06. The molecule has 5 nitrogen and oxygen atoms in total. The molecule has 0 spiro atoms. The Balaban J connectivity index is 2.21. The van der Waals surface area contributed by atoms with E-state index in [1.54, 1.807) is 32.0 Å². The summed E-state index contributed by atoms with van der Waals surface area (Å²) < 4.78 is 40.7. The summed E-state index contributed by atoms with van der Waals surface area (Å²) >= 11 is -1.89. The second-order valence-electron chi connectivity index (χ2n) is 4.66. The molecule has 106 valence electrons. The van der Waals surface area contributed by atoms with Crippen LogP contribution in [0.5, 0.6) is 0 Å². The topological polar surface area (TPSA) is 70.8 Å². The van der Waals surface area contributed by atoms with Gasteiger partial charge in [0.1, 0.15) is 18.0 Å². The van der Waals surface area contributed by atoms with E-state index in [-0.39, 0.29) is 12.4 Å². The number of hydrogen-bond donors (Lipinski definition) is 1. The summed E-state index contributed by atoms with van der Waals surface area (Å²) in [6, 6.07) is 6.28. The van der Waals surface area contributed by atoms with Crippen LogP contribution in [0.25, 0.3) is 0 Å². The third-order valence-corrected chi connectivity index (χ3v) is 3.11. The molecule has 2 N–H and O–H groups in total. The number of nitrogens with two attached hydrogens (primary N) is 1. The van der Waals surface area contributed by atoms with Crippen molar-refractivity contribution in [2.75, 3.05) is 6.61 Å². The zero-order chi connectivity index (χ0) is 14.0. The molecule has 1 aromatic rings. The first-order valence-corrected chi connectivity index (χ1v) is 6.92. The van der Waals surface area contributed by atoms with E-state index < -0.39 is 29.3 Å². The summed E-state index contributed by atoms with van der Waals surface area (Å²) in [5.74, 6) is -1.25. The van der Waals surface area contributed by atoms with Gasteiger partial charge >= 0.3 is 0 Å². The summed E-state index contributed by atoms with van der Waals surface area (Å²) in [7, 11) is 0. The third kappa shape index (κ3) is 3.58. The van der Waals surface area contributed by atoms with Crippen molar-refractivity contribution in [1.29, 1.82) is 0 Å². The van der Waals surface area contributed by atoms with E-state index in [0.29, 0.717) is 5.56 Å². The number of hydrogen-bond acceptors (Lipinski definition) is 4. The molecule has 0 saturated carbocycles. The lowest BCUT2D eigenvalue weighted by atomic mass is 10.0. The van der Waals surface area contributed by atoms with E-state index in [1.807, 2.05) is 0 Å². The highest BCUT2D eigenvalue weighted by molar-refractivity contribution is 7.77. The van der Waals surface area contributed by atoms with Gasteiger partial charge in [0, 0.05) is 5.56 Å². The van der Waals surface area contributed by atoms with E-state index >= 15 is 0 Å². The van der Waals surface area contributed by atoms with Crippen molar-refractivity contribution in [2.24, 2.45) is 5.14 Å². The molecule has 0 aliphatic carbocycles. The van der Waals surface area contributed by atoms with Crippen molar-refractivity contribution in [3.05, 3.63) is 35.6 Å². The predicted molar refractivity (Wildman–Crippen MR) is 67.5 cm³/mol. The number of benzene rings is 1. The van der Waals surface area contributed by atoms with Crippen molar-refractivity contribution < 1.29 is 22.3 Å². The van der Waals surface area contributed by atoms with Crippen LogP contribution in [-0.4, -0.2) is 22.7 Å². The van der Waals surface area contributed by atoms with Crippen molar-refractivity contribution in [3.63, 3.8) is 0 Å². The quantitative estimate of drug-likeness (QED) is 0.913. The van der Waals surface area contributed by atoms with Crippen molar-refractivity contribution in [3.8, 4) is 0 Å². The van der Waals surface area contributed by atoms with Crippen LogP contribution in [0.15, 0.2) is 24.3 Å². The van der Waals surface area contributed by atoms with Crippen molar-refractivity contribution in [1.82, 2.24) is 0 Å². The van der Waals surface area contributed by atoms with Gasteiger partial charge in [-0.1, -0.05) is 18.2 Å². The minimum Gasteiger partial charge on any atom is -0.342 e. The minimum absolute atomic E-state index is 0.0362. The van der Waals surface area contributed by atoms with Crippen LogP contribution in [-0.2, 0) is 24.9 Å². The van der Waals surface area contributed by atoms with Crippen LogP contribution in [0.2, 0.25) is 0 Å². The Hall–Kier alpha value is -0.860. The smallest absolute Gasteiger partial charge is 0.231 e. The maximum atomic E-state index is 13.8. The standard InChI is InChI=1S/C12H16FNO4S/c1-12(2)17-10(7-16-19(14)15)11(18-12)8-5-3-4-6-9(8)13/h3-6,10-11H,7,14H2,1-2H3/t10-,11-,19?/m0/s1. The molecule has 1 unspecified atom stereocenters. The average Bonchev–Trinajstić information content (AvgIpc) is 2.62. The SMILES string of the molecule is CC1(C)O[C@@H](COS(N)=O)[C@H](c2ccccc2F)O1. The van der Waals surface area contributed by atoms with Gasteiger partial charge in [0.2, 0.25) is 11.3 Å². The molecule has 7 heteroatoms. The summed E-state index contributed by atoms with van der Waals surface area (Å²) in [5, 5.41) is 5.03. The van der Waals surface area contributed by atoms with Crippen LogP contribution in [0.3, 0.4) is 0 Å². The highest BCUT2D eigenvalue weighted by atomic mass is 32.2. The van der Waals surface area contributed by atoms with Crippen LogP contribution >= 0.6 is 0 Å². The minimum atomic E-state index is -1.89. The van der Waals surface area contributed by atoms with E-state index in [1.165, 1.54) is 6.07 Å². The number of rotatable bonds is 4. The van der Waals surface area contributed by atoms with Gasteiger partial charge in [-0.25, -0.2) is 13.7 Å². The first kappa shape index (κ1) is 14.5. The second-order valence-corrected chi connectivity index (χ2v) is 5.42. The molecule has 1 heterocycles. The van der Waals surface area contributed by atoms with E-state index in [9.17, 15) is 8.60 Å².